The van der Waals surface area contributed by atoms with Crippen LogP contribution in [0.1, 0.15) is 26.2 Å². The van der Waals surface area contributed by atoms with Crippen molar-refractivity contribution in [3.8, 4) is 0 Å². The van der Waals surface area contributed by atoms with Crippen molar-refractivity contribution < 1.29 is 9.00 Å². The zero-order valence-electron chi connectivity index (χ0n) is 12.4. The molecule has 0 spiro atoms. The van der Waals surface area contributed by atoms with Crippen molar-refractivity contribution >= 4 is 26.7 Å². The highest BCUT2D eigenvalue weighted by Crippen LogP contribution is 2.13. The zero-order chi connectivity index (χ0) is 15.3. The molecule has 1 aromatic rings. The van der Waals surface area contributed by atoms with Crippen LogP contribution in [0.15, 0.2) is 29.2 Å². The van der Waals surface area contributed by atoms with E-state index in [9.17, 15) is 9.00 Å². The van der Waals surface area contributed by atoms with Crippen molar-refractivity contribution in [3.05, 3.63) is 24.3 Å². The average molecular weight is 309 g/mol. The number of nitrogens with zero attached hydrogens (tertiary/aromatic N) is 1. The quantitative estimate of drug-likeness (QED) is 0.808. The van der Waals surface area contributed by atoms with E-state index in [1.54, 1.807) is 29.6 Å². The van der Waals surface area contributed by atoms with Gasteiger partial charge in [0.15, 0.2) is 0 Å². The second-order valence-electron chi connectivity index (χ2n) is 5.36. The molecule has 1 unspecified atom stereocenters. The molecule has 1 aliphatic heterocycles. The van der Waals surface area contributed by atoms with Crippen LogP contribution in [0.2, 0.25) is 0 Å². The summed E-state index contributed by atoms with van der Waals surface area (Å²) in [6.45, 7) is 4.63. The van der Waals surface area contributed by atoms with Crippen LogP contribution in [0, 0.1) is 0 Å². The molecule has 0 saturated carbocycles. The topological polar surface area (TPSA) is 75.4 Å². The molecule has 1 amide bonds. The molecule has 1 saturated heterocycles. The average Bonchev–Trinajstić information content (AvgIpc) is 2.91. The number of benzene rings is 1. The number of carbonyl (C=O) groups excluding carboxylic acids is 1. The molecule has 0 aromatic heterocycles. The minimum absolute atomic E-state index is 0.131. The van der Waals surface area contributed by atoms with Gasteiger partial charge in [-0.2, -0.15) is 0 Å². The zero-order valence-corrected chi connectivity index (χ0v) is 13.2. The molecule has 1 atom stereocenters. The molecular weight excluding hydrogens is 286 g/mol. The Morgan fingerprint density at radius 1 is 1.33 bits per heavy atom. The summed E-state index contributed by atoms with van der Waals surface area (Å²) < 4.78 is 12.5. The fraction of sp³-hybridized carbons (Fsp3) is 0.467. The van der Waals surface area contributed by atoms with Gasteiger partial charge in [0.05, 0.1) is 9.71 Å². The first-order valence-electron chi connectivity index (χ1n) is 7.22. The highest BCUT2D eigenvalue weighted by atomic mass is 32.2. The number of amides is 1. The van der Waals surface area contributed by atoms with Gasteiger partial charge in [-0.3, -0.25) is 9.93 Å². The lowest BCUT2D eigenvalue weighted by molar-refractivity contribution is -0.114. The largest absolute Gasteiger partial charge is 0.326 e. The maximum absolute atomic E-state index is 12.5. The molecule has 2 rings (SSSR count). The standard InChI is InChI=1S/C15H23N3O2S/c1-13(19)17-14-5-7-15(8-6-14)21(16,20)12-4-11-18-9-2-3-10-18/h5-8,12H,2-4,9-11H2,1H3,(H2,16,20)(H,17,19). The first-order chi connectivity index (χ1) is 9.97. The third-order valence-corrected chi connectivity index (χ3v) is 5.29. The van der Waals surface area contributed by atoms with Gasteiger partial charge in [-0.25, -0.2) is 4.21 Å². The molecule has 0 bridgehead atoms. The molecule has 116 valence electrons. The van der Waals surface area contributed by atoms with Gasteiger partial charge in [-0.15, -0.1) is 0 Å². The van der Waals surface area contributed by atoms with Crippen LogP contribution in [-0.4, -0.2) is 40.0 Å². The van der Waals surface area contributed by atoms with Crippen molar-refractivity contribution in [1.82, 2.24) is 4.90 Å². The summed E-state index contributed by atoms with van der Waals surface area (Å²) >= 11 is 0. The summed E-state index contributed by atoms with van der Waals surface area (Å²) in [5, 5.41) is 10.3. The predicted molar refractivity (Wildman–Crippen MR) is 87.7 cm³/mol. The van der Waals surface area contributed by atoms with Crippen molar-refractivity contribution in [2.45, 2.75) is 31.1 Å². The summed E-state index contributed by atoms with van der Waals surface area (Å²) in [6.07, 6.45) is 3.23. The summed E-state index contributed by atoms with van der Waals surface area (Å²) in [6, 6.07) is 6.86. The Morgan fingerprint density at radius 3 is 2.52 bits per heavy atom. The van der Waals surface area contributed by atoms with Crippen LogP contribution in [0.5, 0.6) is 0 Å². The number of anilines is 1. The van der Waals surface area contributed by atoms with Crippen LogP contribution in [0.3, 0.4) is 0 Å². The van der Waals surface area contributed by atoms with Gasteiger partial charge in [0.25, 0.3) is 0 Å². The monoisotopic (exact) mass is 309 g/mol. The maximum atomic E-state index is 12.5. The molecule has 1 fully saturated rings. The molecule has 3 N–H and O–H groups in total. The minimum atomic E-state index is -2.61. The van der Waals surface area contributed by atoms with Gasteiger partial charge in [0.1, 0.15) is 0 Å². The molecule has 1 heterocycles. The van der Waals surface area contributed by atoms with Gasteiger partial charge >= 0.3 is 0 Å². The van der Waals surface area contributed by atoms with E-state index >= 15 is 0 Å². The van der Waals surface area contributed by atoms with Crippen LogP contribution < -0.4 is 10.5 Å². The number of hydrogen-bond acceptors (Lipinski definition) is 3. The first-order valence-corrected chi connectivity index (χ1v) is 8.91. The maximum Gasteiger partial charge on any atom is 0.221 e. The highest BCUT2D eigenvalue weighted by molar-refractivity contribution is 7.99. The Balaban J connectivity index is 2.00. The number of carbonyl (C=O) groups is 1. The number of nitrogens with one attached hydrogen (secondary N) is 1. The van der Waals surface area contributed by atoms with Crippen molar-refractivity contribution in [2.75, 3.05) is 25.0 Å². The van der Waals surface area contributed by atoms with Crippen molar-refractivity contribution in [2.24, 2.45) is 5.14 Å². The van der Waals surface area contributed by atoms with Crippen LogP contribution in [-0.2, 0) is 14.5 Å². The van der Waals surface area contributed by atoms with Gasteiger partial charge in [0.2, 0.25) is 5.91 Å². The lowest BCUT2D eigenvalue weighted by Crippen LogP contribution is -2.23. The Morgan fingerprint density at radius 2 is 1.95 bits per heavy atom. The second kappa shape index (κ2) is 7.06. The normalized spacial score (nSPS) is 18.2. The molecule has 6 heteroatoms. The van der Waals surface area contributed by atoms with E-state index in [1.807, 2.05) is 0 Å². The van der Waals surface area contributed by atoms with Gasteiger partial charge in [-0.05, 0) is 62.0 Å². The fourth-order valence-corrected chi connectivity index (χ4v) is 3.68. The lowest BCUT2D eigenvalue weighted by atomic mass is 10.3. The smallest absolute Gasteiger partial charge is 0.221 e. The van der Waals surface area contributed by atoms with Crippen LogP contribution >= 0.6 is 0 Å². The summed E-state index contributed by atoms with van der Waals surface area (Å²) in [7, 11) is -2.61. The summed E-state index contributed by atoms with van der Waals surface area (Å²) in [5.74, 6) is -0.131. The third-order valence-electron chi connectivity index (χ3n) is 3.55. The second-order valence-corrected chi connectivity index (χ2v) is 7.46. The Kier molecular flexibility index (Phi) is 5.39. The first kappa shape index (κ1) is 16.0. The van der Waals surface area contributed by atoms with E-state index < -0.39 is 9.71 Å². The molecule has 21 heavy (non-hydrogen) atoms. The van der Waals surface area contributed by atoms with Crippen LogP contribution in [0.25, 0.3) is 0 Å². The summed E-state index contributed by atoms with van der Waals surface area (Å²) in [5.41, 5.74) is 0.679. The van der Waals surface area contributed by atoms with Gasteiger partial charge in [-0.1, -0.05) is 0 Å². The summed E-state index contributed by atoms with van der Waals surface area (Å²) in [4.78, 5) is 13.9. The van der Waals surface area contributed by atoms with E-state index in [1.165, 1.54) is 19.8 Å². The van der Waals surface area contributed by atoms with E-state index in [0.717, 1.165) is 26.1 Å². The van der Waals surface area contributed by atoms with E-state index in [-0.39, 0.29) is 5.91 Å². The van der Waals surface area contributed by atoms with Crippen molar-refractivity contribution in [1.29, 1.82) is 0 Å². The number of likely N-dealkylation sites (tertiary alicyclic amines) is 1. The molecule has 0 radical (unpaired) electrons. The van der Waals surface area contributed by atoms with E-state index in [4.69, 9.17) is 5.14 Å². The molecule has 5 nitrogen and oxygen atoms in total. The SMILES string of the molecule is CC(=O)Nc1ccc(S(N)(=O)=CCCN2CCCC2)cc1. The van der Waals surface area contributed by atoms with Gasteiger partial charge < -0.3 is 10.2 Å². The molecule has 1 aliphatic rings. The lowest BCUT2D eigenvalue weighted by Gasteiger charge is -2.13. The van der Waals surface area contributed by atoms with E-state index in [2.05, 4.69) is 10.2 Å². The number of hydrogen-bond donors (Lipinski definition) is 2. The van der Waals surface area contributed by atoms with E-state index in [0.29, 0.717) is 10.6 Å². The Hall–Kier alpha value is -1.37. The Labute approximate surface area is 126 Å². The predicted octanol–water partition coefficient (Wildman–Crippen LogP) is 1.45. The van der Waals surface area contributed by atoms with Crippen LogP contribution in [0.4, 0.5) is 5.69 Å². The Bertz CT molecular complexity index is 598. The third kappa shape index (κ3) is 4.84. The number of rotatable bonds is 5. The molecule has 1 aromatic carbocycles. The molecule has 0 aliphatic carbocycles. The van der Waals surface area contributed by atoms with Crippen molar-refractivity contribution in [3.63, 3.8) is 0 Å². The minimum Gasteiger partial charge on any atom is -0.326 e. The fourth-order valence-electron chi connectivity index (χ4n) is 2.47. The number of nitrogens with two attached hydrogens (primary N) is 1. The molecular formula is C15H23N3O2S. The van der Waals surface area contributed by atoms with Gasteiger partial charge in [0, 0.05) is 24.1 Å². The highest BCUT2D eigenvalue weighted by Gasteiger charge is 2.11.